The molecule has 166 valence electrons. The molecule has 0 saturated heterocycles. The highest BCUT2D eigenvalue weighted by Crippen LogP contribution is 2.29. The number of carbonyl (C=O) groups is 1. The van der Waals surface area contributed by atoms with E-state index in [-0.39, 0.29) is 17.2 Å². The van der Waals surface area contributed by atoms with E-state index in [0.717, 1.165) is 6.42 Å². The number of benzene rings is 1. The normalized spacial score (nSPS) is 10.9. The van der Waals surface area contributed by atoms with Crippen LogP contribution in [0.5, 0.6) is 11.5 Å². The maximum Gasteiger partial charge on any atom is 0.272 e. The summed E-state index contributed by atoms with van der Waals surface area (Å²) in [4.78, 5) is 31.6. The number of carbonyl (C=O) groups excluding carboxylic acids is 1. The van der Waals surface area contributed by atoms with E-state index < -0.39 is 0 Å². The zero-order chi connectivity index (χ0) is 22.5. The van der Waals surface area contributed by atoms with E-state index in [1.54, 1.807) is 48.3 Å². The summed E-state index contributed by atoms with van der Waals surface area (Å²) in [6.45, 7) is 0.508. The first kappa shape index (κ1) is 22.4. The van der Waals surface area contributed by atoms with Gasteiger partial charge in [0.25, 0.3) is 5.56 Å². The SMILES string of the molecule is COc1ccc(OC)c(NC(=O)CSc2nc3ccsc3c(=O)n2CCc2cccs2)c1. The molecule has 0 saturated carbocycles. The zero-order valence-corrected chi connectivity index (χ0v) is 19.9. The van der Waals surface area contributed by atoms with Gasteiger partial charge in [-0.25, -0.2) is 4.98 Å². The van der Waals surface area contributed by atoms with Gasteiger partial charge in [-0.2, -0.15) is 0 Å². The second-order valence-corrected chi connectivity index (χ2v) is 9.61. The van der Waals surface area contributed by atoms with E-state index >= 15 is 0 Å². The number of thioether (sulfide) groups is 1. The number of hydrogen-bond donors (Lipinski definition) is 1. The molecule has 0 bridgehead atoms. The lowest BCUT2D eigenvalue weighted by Gasteiger charge is -2.13. The van der Waals surface area contributed by atoms with Crippen LogP contribution in [0.4, 0.5) is 5.69 Å². The Balaban J connectivity index is 1.52. The number of methoxy groups -OCH3 is 2. The third kappa shape index (κ3) is 4.98. The number of amides is 1. The molecule has 3 aromatic heterocycles. The topological polar surface area (TPSA) is 82.5 Å². The van der Waals surface area contributed by atoms with Crippen LogP contribution in [0.1, 0.15) is 4.88 Å². The second kappa shape index (κ2) is 10.2. The zero-order valence-electron chi connectivity index (χ0n) is 17.5. The van der Waals surface area contributed by atoms with Crippen LogP contribution in [0.15, 0.2) is 57.1 Å². The van der Waals surface area contributed by atoms with Gasteiger partial charge in [-0.15, -0.1) is 22.7 Å². The summed E-state index contributed by atoms with van der Waals surface area (Å²) in [5, 5.41) is 7.26. The first-order chi connectivity index (χ1) is 15.6. The summed E-state index contributed by atoms with van der Waals surface area (Å²) in [5.74, 6) is 1.02. The molecule has 1 aromatic carbocycles. The van der Waals surface area contributed by atoms with Gasteiger partial charge < -0.3 is 14.8 Å². The Morgan fingerprint density at radius 1 is 1.16 bits per heavy atom. The molecule has 1 N–H and O–H groups in total. The van der Waals surface area contributed by atoms with Crippen molar-refractivity contribution in [3.63, 3.8) is 0 Å². The van der Waals surface area contributed by atoms with Gasteiger partial charge in [0.15, 0.2) is 5.16 Å². The van der Waals surface area contributed by atoms with Crippen LogP contribution >= 0.6 is 34.4 Å². The lowest BCUT2D eigenvalue weighted by molar-refractivity contribution is -0.113. The average molecular weight is 488 g/mol. The van der Waals surface area contributed by atoms with Crippen LogP contribution < -0.4 is 20.3 Å². The van der Waals surface area contributed by atoms with E-state index in [2.05, 4.69) is 16.4 Å². The van der Waals surface area contributed by atoms with Crippen molar-refractivity contribution in [3.05, 3.63) is 62.4 Å². The Morgan fingerprint density at radius 2 is 2.03 bits per heavy atom. The smallest absolute Gasteiger partial charge is 0.272 e. The average Bonchev–Trinajstić information content (AvgIpc) is 3.49. The van der Waals surface area contributed by atoms with Gasteiger partial charge in [-0.1, -0.05) is 17.8 Å². The number of rotatable bonds is 9. The molecule has 7 nitrogen and oxygen atoms in total. The van der Waals surface area contributed by atoms with Gasteiger partial charge in [-0.3, -0.25) is 14.2 Å². The van der Waals surface area contributed by atoms with E-state index in [9.17, 15) is 9.59 Å². The van der Waals surface area contributed by atoms with Crippen molar-refractivity contribution in [3.8, 4) is 11.5 Å². The molecule has 0 aliphatic carbocycles. The monoisotopic (exact) mass is 487 g/mol. The fourth-order valence-electron chi connectivity index (χ4n) is 3.14. The Morgan fingerprint density at radius 3 is 2.78 bits per heavy atom. The molecule has 0 spiro atoms. The van der Waals surface area contributed by atoms with Gasteiger partial charge in [0.2, 0.25) is 5.91 Å². The Hall–Kier alpha value is -2.82. The molecule has 10 heteroatoms. The lowest BCUT2D eigenvalue weighted by atomic mass is 10.2. The number of aromatic nitrogens is 2. The number of ether oxygens (including phenoxy) is 2. The maximum atomic E-state index is 13.1. The fourth-order valence-corrected chi connectivity index (χ4v) is 5.44. The number of thiophene rings is 2. The molecule has 4 aromatic rings. The number of hydrogen-bond acceptors (Lipinski definition) is 8. The summed E-state index contributed by atoms with van der Waals surface area (Å²) < 4.78 is 12.8. The van der Waals surface area contributed by atoms with Crippen molar-refractivity contribution >= 4 is 56.2 Å². The molecule has 0 radical (unpaired) electrons. The number of anilines is 1. The summed E-state index contributed by atoms with van der Waals surface area (Å²) in [6, 6.07) is 11.1. The second-order valence-electron chi connectivity index (χ2n) is 6.72. The first-order valence-corrected chi connectivity index (χ1v) is 12.5. The molecule has 3 heterocycles. The lowest BCUT2D eigenvalue weighted by Crippen LogP contribution is -2.24. The molecular weight excluding hydrogens is 466 g/mol. The third-order valence-corrected chi connectivity index (χ3v) is 7.51. The van der Waals surface area contributed by atoms with Gasteiger partial charge in [-0.05, 0) is 41.4 Å². The van der Waals surface area contributed by atoms with Crippen LogP contribution in [0.3, 0.4) is 0 Å². The summed E-state index contributed by atoms with van der Waals surface area (Å²) >= 11 is 4.29. The largest absolute Gasteiger partial charge is 0.497 e. The van der Waals surface area contributed by atoms with E-state index in [1.807, 2.05) is 22.9 Å². The first-order valence-electron chi connectivity index (χ1n) is 9.74. The minimum Gasteiger partial charge on any atom is -0.497 e. The van der Waals surface area contributed by atoms with E-state index in [4.69, 9.17) is 9.47 Å². The van der Waals surface area contributed by atoms with Gasteiger partial charge in [0.1, 0.15) is 16.2 Å². The predicted octanol–water partition coefficient (Wildman–Crippen LogP) is 4.51. The van der Waals surface area contributed by atoms with Crippen LogP contribution in [-0.4, -0.2) is 35.4 Å². The van der Waals surface area contributed by atoms with Gasteiger partial charge >= 0.3 is 0 Å². The van der Waals surface area contributed by atoms with Crippen molar-refractivity contribution in [1.82, 2.24) is 9.55 Å². The van der Waals surface area contributed by atoms with Crippen molar-refractivity contribution < 1.29 is 14.3 Å². The number of fused-ring (bicyclic) bond motifs is 1. The highest BCUT2D eigenvalue weighted by atomic mass is 32.2. The minimum absolute atomic E-state index is 0.0704. The number of aryl methyl sites for hydroxylation is 1. The number of nitrogens with zero attached hydrogens (tertiary/aromatic N) is 2. The van der Waals surface area contributed by atoms with E-state index in [0.29, 0.717) is 39.1 Å². The van der Waals surface area contributed by atoms with Crippen LogP contribution in [-0.2, 0) is 17.8 Å². The molecule has 0 fully saturated rings. The van der Waals surface area contributed by atoms with E-state index in [1.165, 1.54) is 28.0 Å². The Kier molecular flexibility index (Phi) is 7.13. The maximum absolute atomic E-state index is 13.1. The standard InChI is InChI=1S/C22H21N3O4S3/c1-28-14-5-6-18(29-2)17(12-14)23-19(26)13-32-22-24-16-8-11-31-20(16)21(27)25(22)9-7-15-4-3-10-30-15/h3-6,8,10-12H,7,9,13H2,1-2H3,(H,23,26). The molecule has 32 heavy (non-hydrogen) atoms. The predicted molar refractivity (Wildman–Crippen MR) is 131 cm³/mol. The van der Waals surface area contributed by atoms with Crippen molar-refractivity contribution in [2.45, 2.75) is 18.1 Å². The molecule has 0 atom stereocenters. The van der Waals surface area contributed by atoms with Crippen LogP contribution in [0, 0.1) is 0 Å². The number of nitrogens with one attached hydrogen (secondary N) is 1. The summed E-state index contributed by atoms with van der Waals surface area (Å²) in [5.41, 5.74) is 1.11. The summed E-state index contributed by atoms with van der Waals surface area (Å²) in [6.07, 6.45) is 0.733. The van der Waals surface area contributed by atoms with Crippen LogP contribution in [0.25, 0.3) is 10.2 Å². The minimum atomic E-state index is -0.231. The van der Waals surface area contributed by atoms with Gasteiger partial charge in [0, 0.05) is 17.5 Å². The summed E-state index contributed by atoms with van der Waals surface area (Å²) in [7, 11) is 3.10. The van der Waals surface area contributed by atoms with Crippen molar-refractivity contribution in [2.75, 3.05) is 25.3 Å². The quantitative estimate of drug-likeness (QED) is 0.276. The van der Waals surface area contributed by atoms with Crippen LogP contribution in [0.2, 0.25) is 0 Å². The highest BCUT2D eigenvalue weighted by Gasteiger charge is 2.16. The Bertz CT molecular complexity index is 1280. The molecule has 4 rings (SSSR count). The van der Waals surface area contributed by atoms with Gasteiger partial charge in [0.05, 0.1) is 31.2 Å². The molecule has 0 aliphatic heterocycles. The molecule has 0 unspecified atom stereocenters. The molecule has 1 amide bonds. The van der Waals surface area contributed by atoms with Crippen molar-refractivity contribution in [2.24, 2.45) is 0 Å². The van der Waals surface area contributed by atoms with Crippen molar-refractivity contribution in [1.29, 1.82) is 0 Å². The Labute approximate surface area is 197 Å². The highest BCUT2D eigenvalue weighted by molar-refractivity contribution is 7.99. The fraction of sp³-hybridized carbons (Fsp3) is 0.227. The third-order valence-electron chi connectivity index (χ3n) is 4.71. The molecule has 0 aliphatic rings. The molecular formula is C22H21N3O4S3.